The van der Waals surface area contributed by atoms with Gasteiger partial charge in [0.15, 0.2) is 0 Å². The van der Waals surface area contributed by atoms with Crippen molar-refractivity contribution < 1.29 is 9.18 Å². The van der Waals surface area contributed by atoms with Crippen LogP contribution in [0.25, 0.3) is 0 Å². The van der Waals surface area contributed by atoms with Crippen LogP contribution in [0, 0.1) is 12.7 Å². The molecule has 1 amide bonds. The Balaban J connectivity index is 2.07. The Hall–Kier alpha value is -1.69. The Morgan fingerprint density at radius 3 is 2.84 bits per heavy atom. The first-order valence-corrected chi connectivity index (χ1v) is 6.49. The van der Waals surface area contributed by atoms with E-state index in [2.05, 4.69) is 26.3 Å². The van der Waals surface area contributed by atoms with Crippen LogP contribution in [-0.4, -0.2) is 15.7 Å². The molecule has 6 heteroatoms. The third-order valence-corrected chi connectivity index (χ3v) is 3.45. The number of aromatic nitrogens is 2. The second-order valence-corrected chi connectivity index (χ2v) is 5.10. The maximum Gasteiger partial charge on any atom is 0.254 e. The molecule has 19 heavy (non-hydrogen) atoms. The monoisotopic (exact) mass is 325 g/mol. The van der Waals surface area contributed by atoms with Crippen molar-refractivity contribution in [1.82, 2.24) is 15.1 Å². The summed E-state index contributed by atoms with van der Waals surface area (Å²) in [5.41, 5.74) is 1.91. The third-order valence-electron chi connectivity index (χ3n) is 2.95. The molecule has 0 aliphatic heterocycles. The van der Waals surface area contributed by atoms with Gasteiger partial charge >= 0.3 is 0 Å². The zero-order valence-electron chi connectivity index (χ0n) is 10.6. The molecule has 1 heterocycles. The van der Waals surface area contributed by atoms with Crippen LogP contribution in [0.3, 0.4) is 0 Å². The summed E-state index contributed by atoms with van der Waals surface area (Å²) in [5.74, 6) is -0.983. The average Bonchev–Trinajstić information content (AvgIpc) is 2.67. The summed E-state index contributed by atoms with van der Waals surface area (Å²) >= 11 is 3.15. The summed E-state index contributed by atoms with van der Waals surface area (Å²) in [6, 6.07) is 4.35. The lowest BCUT2D eigenvalue weighted by atomic mass is 10.2. The van der Waals surface area contributed by atoms with Crippen LogP contribution in [0.15, 0.2) is 28.9 Å². The second kappa shape index (κ2) is 5.52. The van der Waals surface area contributed by atoms with Gasteiger partial charge in [-0.3, -0.25) is 9.48 Å². The maximum absolute atomic E-state index is 13.6. The van der Waals surface area contributed by atoms with Gasteiger partial charge in [-0.05, 0) is 25.1 Å². The zero-order valence-corrected chi connectivity index (χ0v) is 12.2. The highest BCUT2D eigenvalue weighted by molar-refractivity contribution is 9.10. The molecule has 0 bridgehead atoms. The molecule has 0 saturated carbocycles. The SMILES string of the molecule is Cc1c(CNC(=O)c2ccc(Br)cc2F)cnn1C. The van der Waals surface area contributed by atoms with Crippen molar-refractivity contribution in [3.05, 3.63) is 51.5 Å². The summed E-state index contributed by atoms with van der Waals surface area (Å²) in [6.07, 6.45) is 1.69. The first-order valence-electron chi connectivity index (χ1n) is 5.69. The van der Waals surface area contributed by atoms with E-state index < -0.39 is 11.7 Å². The molecule has 2 aromatic rings. The van der Waals surface area contributed by atoms with Gasteiger partial charge in [-0.25, -0.2) is 4.39 Å². The largest absolute Gasteiger partial charge is 0.348 e. The van der Waals surface area contributed by atoms with Crippen LogP contribution in [0.5, 0.6) is 0 Å². The number of halogens is 2. The molecule has 1 aromatic heterocycles. The fraction of sp³-hybridized carbons (Fsp3) is 0.231. The van der Waals surface area contributed by atoms with Crippen molar-refractivity contribution in [1.29, 1.82) is 0 Å². The summed E-state index contributed by atoms with van der Waals surface area (Å²) in [7, 11) is 1.83. The Bertz CT molecular complexity index is 624. The lowest BCUT2D eigenvalue weighted by molar-refractivity contribution is 0.0947. The predicted octanol–water partition coefficient (Wildman–Crippen LogP) is 2.56. The van der Waals surface area contributed by atoms with E-state index in [1.165, 1.54) is 12.1 Å². The molecule has 100 valence electrons. The van der Waals surface area contributed by atoms with Crippen LogP contribution in [0.2, 0.25) is 0 Å². The first-order chi connectivity index (χ1) is 8.99. The number of amides is 1. The molecular formula is C13H13BrFN3O. The number of nitrogens with zero attached hydrogens (tertiary/aromatic N) is 2. The van der Waals surface area contributed by atoms with Gasteiger partial charge in [-0.1, -0.05) is 15.9 Å². The van der Waals surface area contributed by atoms with Gasteiger partial charge in [0.05, 0.1) is 11.8 Å². The van der Waals surface area contributed by atoms with E-state index in [0.717, 1.165) is 11.3 Å². The Morgan fingerprint density at radius 2 is 2.26 bits per heavy atom. The summed E-state index contributed by atoms with van der Waals surface area (Å²) in [4.78, 5) is 11.9. The fourth-order valence-electron chi connectivity index (χ4n) is 1.66. The number of aryl methyl sites for hydroxylation is 1. The van der Waals surface area contributed by atoms with Gasteiger partial charge in [-0.2, -0.15) is 5.10 Å². The molecule has 0 fully saturated rings. The van der Waals surface area contributed by atoms with Crippen LogP contribution in [0.4, 0.5) is 4.39 Å². The van der Waals surface area contributed by atoms with E-state index in [0.29, 0.717) is 11.0 Å². The molecule has 0 unspecified atom stereocenters. The van der Waals surface area contributed by atoms with Crippen molar-refractivity contribution >= 4 is 21.8 Å². The highest BCUT2D eigenvalue weighted by Gasteiger charge is 2.12. The van der Waals surface area contributed by atoms with Crippen molar-refractivity contribution in [3.8, 4) is 0 Å². The second-order valence-electron chi connectivity index (χ2n) is 4.19. The van der Waals surface area contributed by atoms with Crippen molar-refractivity contribution in [2.75, 3.05) is 0 Å². The lowest BCUT2D eigenvalue weighted by Gasteiger charge is -2.06. The first kappa shape index (κ1) is 13.7. The molecule has 0 aliphatic rings. The summed E-state index contributed by atoms with van der Waals surface area (Å²) in [5, 5.41) is 6.76. The average molecular weight is 326 g/mol. The van der Waals surface area contributed by atoms with E-state index in [9.17, 15) is 9.18 Å². The van der Waals surface area contributed by atoms with E-state index in [-0.39, 0.29) is 5.56 Å². The lowest BCUT2D eigenvalue weighted by Crippen LogP contribution is -2.24. The van der Waals surface area contributed by atoms with E-state index in [4.69, 9.17) is 0 Å². The number of hydrogen-bond acceptors (Lipinski definition) is 2. The molecule has 0 atom stereocenters. The van der Waals surface area contributed by atoms with Crippen molar-refractivity contribution in [2.45, 2.75) is 13.5 Å². The van der Waals surface area contributed by atoms with Gasteiger partial charge in [0.25, 0.3) is 5.91 Å². The molecule has 0 radical (unpaired) electrons. The Labute approximate surface area is 118 Å². The van der Waals surface area contributed by atoms with Crippen LogP contribution in [-0.2, 0) is 13.6 Å². The molecule has 0 saturated heterocycles. The van der Waals surface area contributed by atoms with E-state index in [1.807, 2.05) is 14.0 Å². The third kappa shape index (κ3) is 3.01. The van der Waals surface area contributed by atoms with Gasteiger partial charge in [0.2, 0.25) is 0 Å². The predicted molar refractivity (Wildman–Crippen MR) is 73.2 cm³/mol. The van der Waals surface area contributed by atoms with Gasteiger partial charge in [-0.15, -0.1) is 0 Å². The standard InChI is InChI=1S/C13H13BrFN3O/c1-8-9(7-17-18(8)2)6-16-13(19)11-4-3-10(14)5-12(11)15/h3-5,7H,6H2,1-2H3,(H,16,19). The molecule has 4 nitrogen and oxygen atoms in total. The van der Waals surface area contributed by atoms with Crippen LogP contribution in [0.1, 0.15) is 21.6 Å². The number of hydrogen-bond donors (Lipinski definition) is 1. The fourth-order valence-corrected chi connectivity index (χ4v) is 2.00. The summed E-state index contributed by atoms with van der Waals surface area (Å²) in [6.45, 7) is 2.24. The number of carbonyl (C=O) groups is 1. The van der Waals surface area contributed by atoms with Crippen LogP contribution < -0.4 is 5.32 Å². The molecule has 0 aliphatic carbocycles. The van der Waals surface area contributed by atoms with Crippen molar-refractivity contribution in [2.24, 2.45) is 7.05 Å². The van der Waals surface area contributed by atoms with Gasteiger partial charge < -0.3 is 5.32 Å². The maximum atomic E-state index is 13.6. The van der Waals surface area contributed by atoms with Gasteiger partial charge in [0.1, 0.15) is 5.82 Å². The number of rotatable bonds is 3. The highest BCUT2D eigenvalue weighted by atomic mass is 79.9. The quantitative estimate of drug-likeness (QED) is 0.942. The normalized spacial score (nSPS) is 10.5. The van der Waals surface area contributed by atoms with Crippen molar-refractivity contribution in [3.63, 3.8) is 0 Å². The molecule has 0 spiro atoms. The number of carbonyl (C=O) groups excluding carboxylic acids is 1. The molecule has 1 N–H and O–H groups in total. The molecule has 2 rings (SSSR count). The number of nitrogens with one attached hydrogen (secondary N) is 1. The highest BCUT2D eigenvalue weighted by Crippen LogP contribution is 2.15. The number of benzene rings is 1. The van der Waals surface area contributed by atoms with Crippen LogP contribution >= 0.6 is 15.9 Å². The Morgan fingerprint density at radius 1 is 1.53 bits per heavy atom. The molecular weight excluding hydrogens is 313 g/mol. The summed E-state index contributed by atoms with van der Waals surface area (Å²) < 4.78 is 15.9. The minimum Gasteiger partial charge on any atom is -0.348 e. The van der Waals surface area contributed by atoms with Gasteiger partial charge in [0, 0.05) is 29.3 Å². The Kier molecular flexibility index (Phi) is 3.99. The molecule has 1 aromatic carbocycles. The topological polar surface area (TPSA) is 46.9 Å². The smallest absolute Gasteiger partial charge is 0.254 e. The minimum atomic E-state index is -0.546. The van der Waals surface area contributed by atoms with E-state index >= 15 is 0 Å². The zero-order chi connectivity index (χ0) is 14.0. The minimum absolute atomic E-state index is 0.0322. The van der Waals surface area contributed by atoms with E-state index in [1.54, 1.807) is 16.9 Å².